The zero-order valence-electron chi connectivity index (χ0n) is 14.0. The number of pyridine rings is 1. The van der Waals surface area contributed by atoms with E-state index in [2.05, 4.69) is 4.98 Å². The van der Waals surface area contributed by atoms with Crippen molar-refractivity contribution in [1.29, 1.82) is 0 Å². The summed E-state index contributed by atoms with van der Waals surface area (Å²) in [7, 11) is -3.39. The molecule has 1 aromatic heterocycles. The van der Waals surface area contributed by atoms with Crippen LogP contribution in [0.4, 0.5) is 0 Å². The van der Waals surface area contributed by atoms with Crippen molar-refractivity contribution in [2.24, 2.45) is 0 Å². The molecular weight excluding hydrogens is 356 g/mol. The highest BCUT2D eigenvalue weighted by molar-refractivity contribution is 8.01. The molecule has 0 N–H and O–H groups in total. The average molecular weight is 377 g/mol. The summed E-state index contributed by atoms with van der Waals surface area (Å²) in [4.78, 5) is 4.44. The van der Waals surface area contributed by atoms with Gasteiger partial charge < -0.3 is 4.74 Å². The van der Waals surface area contributed by atoms with Gasteiger partial charge in [0.1, 0.15) is 11.9 Å². The van der Waals surface area contributed by atoms with Crippen LogP contribution in [0.3, 0.4) is 0 Å². The summed E-state index contributed by atoms with van der Waals surface area (Å²) in [6.07, 6.45) is 4.41. The van der Waals surface area contributed by atoms with Gasteiger partial charge in [-0.25, -0.2) is 8.42 Å². The molecular formula is C18H20N2O3S2. The summed E-state index contributed by atoms with van der Waals surface area (Å²) in [5.74, 6) is 1.65. The SMILES string of the molecule is Cc1ccc(S(=O)(=O)N2CC3(CC(Oc4cccnc4)CS3)C2)cc1. The second-order valence-electron chi connectivity index (χ2n) is 6.71. The highest BCUT2D eigenvalue weighted by Gasteiger charge is 2.53. The van der Waals surface area contributed by atoms with Gasteiger partial charge in [-0.2, -0.15) is 4.31 Å². The van der Waals surface area contributed by atoms with Crippen LogP contribution in [0.2, 0.25) is 0 Å². The van der Waals surface area contributed by atoms with Gasteiger partial charge in [0.2, 0.25) is 10.0 Å². The molecule has 1 spiro atoms. The van der Waals surface area contributed by atoms with Crippen LogP contribution in [0.25, 0.3) is 0 Å². The Morgan fingerprint density at radius 2 is 2.00 bits per heavy atom. The number of hydrogen-bond donors (Lipinski definition) is 0. The van der Waals surface area contributed by atoms with Crippen LogP contribution in [0.1, 0.15) is 12.0 Å². The third kappa shape index (κ3) is 3.28. The van der Waals surface area contributed by atoms with Crippen LogP contribution < -0.4 is 4.74 Å². The fourth-order valence-electron chi connectivity index (χ4n) is 3.33. The minimum atomic E-state index is -3.39. The first kappa shape index (κ1) is 16.9. The molecule has 2 aliphatic heterocycles. The van der Waals surface area contributed by atoms with Crippen LogP contribution in [0, 0.1) is 6.92 Å². The molecule has 2 fully saturated rings. The molecule has 0 amide bonds. The second-order valence-corrected chi connectivity index (χ2v) is 10.1. The first-order valence-electron chi connectivity index (χ1n) is 8.24. The van der Waals surface area contributed by atoms with E-state index in [0.29, 0.717) is 18.0 Å². The molecule has 2 aliphatic rings. The third-order valence-electron chi connectivity index (χ3n) is 4.70. The summed E-state index contributed by atoms with van der Waals surface area (Å²) < 4.78 is 33.0. The van der Waals surface area contributed by atoms with E-state index in [1.165, 1.54) is 0 Å². The molecule has 2 saturated heterocycles. The molecule has 3 heterocycles. The van der Waals surface area contributed by atoms with Gasteiger partial charge in [0.25, 0.3) is 0 Å². The number of nitrogens with zero attached hydrogens (tertiary/aromatic N) is 2. The molecule has 132 valence electrons. The number of aromatic nitrogens is 1. The monoisotopic (exact) mass is 376 g/mol. The van der Waals surface area contributed by atoms with Gasteiger partial charge in [-0.15, -0.1) is 11.8 Å². The van der Waals surface area contributed by atoms with Gasteiger partial charge in [-0.3, -0.25) is 4.98 Å². The maximum atomic E-state index is 12.7. The molecule has 0 bridgehead atoms. The second kappa shape index (κ2) is 6.30. The summed E-state index contributed by atoms with van der Waals surface area (Å²) in [6.45, 7) is 3.06. The van der Waals surface area contributed by atoms with Crippen molar-refractivity contribution in [2.75, 3.05) is 18.8 Å². The molecule has 1 unspecified atom stereocenters. The van der Waals surface area contributed by atoms with Crippen molar-refractivity contribution in [3.05, 3.63) is 54.4 Å². The Hall–Kier alpha value is -1.57. The lowest BCUT2D eigenvalue weighted by molar-refractivity contribution is 0.159. The van der Waals surface area contributed by atoms with Crippen LogP contribution in [-0.4, -0.2) is 47.4 Å². The number of hydrogen-bond acceptors (Lipinski definition) is 5. The molecule has 2 aromatic rings. The van der Waals surface area contributed by atoms with E-state index in [9.17, 15) is 8.42 Å². The number of thioether (sulfide) groups is 1. The molecule has 0 aliphatic carbocycles. The van der Waals surface area contributed by atoms with Crippen molar-refractivity contribution < 1.29 is 13.2 Å². The number of rotatable bonds is 4. The Labute approximate surface area is 152 Å². The maximum absolute atomic E-state index is 12.7. The largest absolute Gasteiger partial charge is 0.488 e. The highest BCUT2D eigenvalue weighted by atomic mass is 32.2. The van der Waals surface area contributed by atoms with Crippen molar-refractivity contribution in [1.82, 2.24) is 9.29 Å². The fourth-order valence-corrected chi connectivity index (χ4v) is 6.63. The Balaban J connectivity index is 1.39. The van der Waals surface area contributed by atoms with E-state index in [-0.39, 0.29) is 10.9 Å². The molecule has 25 heavy (non-hydrogen) atoms. The summed E-state index contributed by atoms with van der Waals surface area (Å²) in [6, 6.07) is 10.8. The predicted molar refractivity (Wildman–Crippen MR) is 98.4 cm³/mol. The van der Waals surface area contributed by atoms with Crippen molar-refractivity contribution >= 4 is 21.8 Å². The van der Waals surface area contributed by atoms with Crippen LogP contribution in [0.5, 0.6) is 5.75 Å². The lowest BCUT2D eigenvalue weighted by Gasteiger charge is -2.46. The van der Waals surface area contributed by atoms with Crippen molar-refractivity contribution in [2.45, 2.75) is 29.1 Å². The van der Waals surface area contributed by atoms with E-state index >= 15 is 0 Å². The van der Waals surface area contributed by atoms with Gasteiger partial charge in [0.05, 0.1) is 11.1 Å². The minimum Gasteiger partial charge on any atom is -0.488 e. The Morgan fingerprint density at radius 3 is 2.68 bits per heavy atom. The van der Waals surface area contributed by atoms with E-state index in [1.54, 1.807) is 28.8 Å². The normalized spacial score (nSPS) is 22.7. The lowest BCUT2D eigenvalue weighted by Crippen LogP contribution is -2.60. The van der Waals surface area contributed by atoms with Gasteiger partial charge in [-0.1, -0.05) is 17.7 Å². The van der Waals surface area contributed by atoms with E-state index < -0.39 is 10.0 Å². The number of benzene rings is 1. The smallest absolute Gasteiger partial charge is 0.243 e. The molecule has 0 radical (unpaired) electrons. The van der Waals surface area contributed by atoms with E-state index in [1.807, 2.05) is 43.0 Å². The summed E-state index contributed by atoms with van der Waals surface area (Å²) >= 11 is 1.82. The molecule has 4 rings (SSSR count). The third-order valence-corrected chi connectivity index (χ3v) is 8.08. The van der Waals surface area contributed by atoms with E-state index in [0.717, 1.165) is 23.5 Å². The highest BCUT2D eigenvalue weighted by Crippen LogP contribution is 2.47. The number of sulfonamides is 1. The Kier molecular flexibility index (Phi) is 4.25. The first-order valence-corrected chi connectivity index (χ1v) is 10.7. The fraction of sp³-hybridized carbons (Fsp3) is 0.389. The number of aryl methyl sites for hydroxylation is 1. The summed E-state index contributed by atoms with van der Waals surface area (Å²) in [5.41, 5.74) is 1.06. The molecule has 5 nitrogen and oxygen atoms in total. The van der Waals surface area contributed by atoms with Crippen LogP contribution >= 0.6 is 11.8 Å². The molecule has 7 heteroatoms. The number of ether oxygens (including phenoxy) is 1. The Morgan fingerprint density at radius 1 is 1.24 bits per heavy atom. The zero-order valence-corrected chi connectivity index (χ0v) is 15.6. The molecule has 1 atom stereocenters. The minimum absolute atomic E-state index is 0.00928. The average Bonchev–Trinajstić information content (AvgIpc) is 2.99. The lowest BCUT2D eigenvalue weighted by atomic mass is 9.95. The zero-order chi connectivity index (χ0) is 17.5. The summed E-state index contributed by atoms with van der Waals surface area (Å²) in [5, 5.41) is 0. The van der Waals surface area contributed by atoms with Gasteiger partial charge in [-0.05, 0) is 31.2 Å². The Bertz CT molecular complexity index is 848. The van der Waals surface area contributed by atoms with Crippen molar-refractivity contribution in [3.8, 4) is 5.75 Å². The van der Waals surface area contributed by atoms with Gasteiger partial charge in [0.15, 0.2) is 0 Å². The van der Waals surface area contributed by atoms with Gasteiger partial charge in [0, 0.05) is 36.2 Å². The quantitative estimate of drug-likeness (QED) is 0.821. The predicted octanol–water partition coefficient (Wildman–Crippen LogP) is 2.72. The van der Waals surface area contributed by atoms with Crippen LogP contribution in [0.15, 0.2) is 53.7 Å². The van der Waals surface area contributed by atoms with Crippen molar-refractivity contribution in [3.63, 3.8) is 0 Å². The molecule has 1 aromatic carbocycles. The standard InChI is InChI=1S/C18H20N2O3S2/c1-14-4-6-17(7-5-14)25(21,22)20-12-18(13-20)9-16(11-24-18)23-15-3-2-8-19-10-15/h2-8,10,16H,9,11-13H2,1H3. The van der Waals surface area contributed by atoms with Crippen LogP contribution in [-0.2, 0) is 10.0 Å². The topological polar surface area (TPSA) is 59.5 Å². The first-order chi connectivity index (χ1) is 12.0. The maximum Gasteiger partial charge on any atom is 0.243 e. The molecule has 0 saturated carbocycles. The van der Waals surface area contributed by atoms with E-state index in [4.69, 9.17) is 4.74 Å². The van der Waals surface area contributed by atoms with Gasteiger partial charge >= 0.3 is 0 Å².